The topological polar surface area (TPSA) is 330 Å². The fourth-order valence-electron chi connectivity index (χ4n) is 5.75. The Hall–Kier alpha value is -2.40. The highest BCUT2D eigenvalue weighted by atomic mass is 16.5. The number of hydrogen-bond acceptors (Lipinski definition) is 17. The maximum Gasteiger partial charge on any atom is 0.236 e. The smallest absolute Gasteiger partial charge is 0.236 e. The largest absolute Gasteiger partial charge is 0.508 e. The van der Waals surface area contributed by atoms with Crippen molar-refractivity contribution in [2.45, 2.75) is 181 Å². The van der Waals surface area contributed by atoms with Crippen LogP contribution < -0.4 is 11.5 Å². The minimum atomic E-state index is -1.79. The van der Waals surface area contributed by atoms with Crippen LogP contribution in [0.5, 0.6) is 5.75 Å². The molecule has 1 rings (SSSR count). The van der Waals surface area contributed by atoms with Crippen LogP contribution in [-0.2, 0) is 25.5 Å². The second-order valence-electron chi connectivity index (χ2n) is 16.7. The van der Waals surface area contributed by atoms with Crippen LogP contribution in [0.1, 0.15) is 119 Å². The number of aliphatic hydroxyl groups excluding tert-OH is 10. The molecule has 18 heteroatoms. The molecule has 0 aliphatic heterocycles. The van der Waals surface area contributed by atoms with Crippen LogP contribution in [0.3, 0.4) is 0 Å². The maximum absolute atomic E-state index is 10.6. The number of carbonyl (C=O) groups is 2. The predicted octanol–water partition coefficient (Wildman–Crippen LogP) is 0.273. The van der Waals surface area contributed by atoms with Crippen LogP contribution in [-0.4, -0.2) is 180 Å². The Morgan fingerprint density at radius 2 is 1.27 bits per heavy atom. The van der Waals surface area contributed by atoms with Gasteiger partial charge in [0.25, 0.3) is 0 Å². The van der Waals surface area contributed by atoms with E-state index in [9.17, 15) is 60.7 Å². The first-order valence-electron chi connectivity index (χ1n) is 21.4. The van der Waals surface area contributed by atoms with Gasteiger partial charge in [-0.2, -0.15) is 0 Å². The summed E-state index contributed by atoms with van der Waals surface area (Å²) < 4.78 is 10.5. The van der Waals surface area contributed by atoms with Crippen molar-refractivity contribution in [2.75, 3.05) is 39.5 Å². The maximum atomic E-state index is 10.6. The van der Waals surface area contributed by atoms with Crippen molar-refractivity contribution in [3.05, 3.63) is 29.3 Å². The highest BCUT2D eigenvalue weighted by molar-refractivity contribution is 5.79. The van der Waals surface area contributed by atoms with Crippen molar-refractivity contribution in [3.8, 4) is 5.75 Å². The molecule has 0 radical (unpaired) electrons. The molecule has 0 spiro atoms. The summed E-state index contributed by atoms with van der Waals surface area (Å²) in [5.74, 6) is 0.955. The number of ether oxygens (including phenoxy) is 2. The summed E-state index contributed by atoms with van der Waals surface area (Å²) in [6, 6.07) is 4.35. The predicted molar refractivity (Wildman–Crippen MR) is 238 cm³/mol. The number of carbonyl (C=O) groups excluding carboxylic acids is 2. The van der Waals surface area contributed by atoms with Crippen LogP contribution in [0.15, 0.2) is 18.2 Å². The third kappa shape index (κ3) is 29.1. The zero-order valence-corrected chi connectivity index (χ0v) is 37.7. The Bertz CT molecular complexity index is 1230. The molecule has 0 bridgehead atoms. The number of benzene rings is 1. The zero-order valence-electron chi connectivity index (χ0n) is 37.7. The van der Waals surface area contributed by atoms with E-state index in [1.54, 1.807) is 25.1 Å². The van der Waals surface area contributed by atoms with Gasteiger partial charge in [0, 0.05) is 31.6 Å². The number of phenolic OH excluding ortho intramolecular Hbond substituents is 1. The highest BCUT2D eigenvalue weighted by Crippen LogP contribution is 2.27. The molecule has 15 N–H and O–H groups in total. The Morgan fingerprint density at radius 1 is 0.758 bits per heavy atom. The number of primary amides is 1. The van der Waals surface area contributed by atoms with Gasteiger partial charge in [0.05, 0.1) is 56.4 Å². The zero-order chi connectivity index (χ0) is 47.4. The molecule has 0 saturated heterocycles. The fraction of sp³-hybridized carbons (Fsp3) is 0.818. The van der Waals surface area contributed by atoms with E-state index < -0.39 is 73.5 Å². The molecule has 11 atom stereocenters. The molecule has 0 heterocycles. The third-order valence-corrected chi connectivity index (χ3v) is 9.81. The molecule has 0 aromatic heterocycles. The molecular formula is C44H87N3O15. The number of nitrogens with zero attached hydrogens (tertiary/aromatic N) is 1. The molecule has 0 aliphatic carbocycles. The van der Waals surface area contributed by atoms with Gasteiger partial charge >= 0.3 is 0 Å². The van der Waals surface area contributed by atoms with Gasteiger partial charge in [-0.15, -0.1) is 0 Å². The second-order valence-corrected chi connectivity index (χ2v) is 16.7. The fourth-order valence-corrected chi connectivity index (χ4v) is 5.75. The quantitative estimate of drug-likeness (QED) is 0.0461. The van der Waals surface area contributed by atoms with Crippen LogP contribution in [0.2, 0.25) is 0 Å². The van der Waals surface area contributed by atoms with Crippen molar-refractivity contribution in [1.82, 2.24) is 4.90 Å². The van der Waals surface area contributed by atoms with Gasteiger partial charge in [-0.25, -0.2) is 0 Å². The monoisotopic (exact) mass is 898 g/mol. The van der Waals surface area contributed by atoms with E-state index in [-0.39, 0.29) is 71.1 Å². The Labute approximate surface area is 370 Å². The van der Waals surface area contributed by atoms with E-state index in [1.165, 1.54) is 24.2 Å². The number of rotatable bonds is 30. The molecular weight excluding hydrogens is 810 g/mol. The Morgan fingerprint density at radius 3 is 1.73 bits per heavy atom. The summed E-state index contributed by atoms with van der Waals surface area (Å²) in [4.78, 5) is 22.4. The Kier molecular flexibility index (Phi) is 37.0. The molecule has 62 heavy (non-hydrogen) atoms. The number of aliphatic hydroxyl groups is 10. The molecule has 0 fully saturated rings. The summed E-state index contributed by atoms with van der Waals surface area (Å²) >= 11 is 0. The van der Waals surface area contributed by atoms with Crippen molar-refractivity contribution < 1.29 is 75.2 Å². The minimum absolute atomic E-state index is 0. The summed E-state index contributed by atoms with van der Waals surface area (Å²) in [5.41, 5.74) is 11.5. The first-order chi connectivity index (χ1) is 28.4. The number of aldehydes is 1. The van der Waals surface area contributed by atoms with E-state index in [4.69, 9.17) is 26.0 Å². The van der Waals surface area contributed by atoms with Gasteiger partial charge in [0.15, 0.2) is 0 Å². The van der Waals surface area contributed by atoms with Gasteiger partial charge < -0.3 is 81.9 Å². The lowest BCUT2D eigenvalue weighted by Crippen LogP contribution is -2.53. The number of phenols is 1. The number of nitrogens with two attached hydrogens (primary N) is 2. The van der Waals surface area contributed by atoms with Crippen LogP contribution in [0.4, 0.5) is 0 Å². The Balaban J connectivity index is -0.000000927. The third-order valence-electron chi connectivity index (χ3n) is 9.81. The standard InChI is InChI=1S/C19H30O3.C18H39NO10.C6H14N2O2.CH4/c1-14(2)5-4-6-15(3)7-9-18(21)16-8-10-19(22)17(13-16)11-12-20;1-4-11(21)15(25)16(26)12(22)7-19(5-6-29-10(2)3)8-13(23)17(27)18(28)14(24)9-20;1-4(2)10-3-5(7)6(8)9;/h8,10,12-15,18,21-22H,4-7,9,11H2,1-3H3;10-18,20-28H,4-9H2,1-3H3;4-5H,3,7H2,1-2H3,(H2,8,9);1H4/t15-,18+;11-,12+,13+,14-,15-,16-,17-,18-;5-;/m100./s1. The van der Waals surface area contributed by atoms with Crippen molar-refractivity contribution >= 4 is 12.2 Å². The highest BCUT2D eigenvalue weighted by Gasteiger charge is 2.34. The van der Waals surface area contributed by atoms with Crippen molar-refractivity contribution in [3.63, 3.8) is 0 Å². The molecule has 0 unspecified atom stereocenters. The molecule has 1 aromatic carbocycles. The second kappa shape index (κ2) is 35.9. The van der Waals surface area contributed by atoms with Gasteiger partial charge in [-0.05, 0) is 76.5 Å². The molecule has 368 valence electrons. The summed E-state index contributed by atoms with van der Waals surface area (Å²) in [7, 11) is 0. The number of aromatic hydroxyl groups is 1. The number of hydrogen-bond donors (Lipinski definition) is 13. The average Bonchev–Trinajstić information content (AvgIpc) is 3.20. The van der Waals surface area contributed by atoms with Crippen molar-refractivity contribution in [2.24, 2.45) is 23.3 Å². The molecule has 0 aliphatic rings. The summed E-state index contributed by atoms with van der Waals surface area (Å²) in [6.45, 7) is 15.0. The SMILES string of the molecule is C.CC(C)CCC[C@@H](C)CC[C@H](O)c1ccc(O)c(CC=O)c1.CC(C)OC[C@H](N)C(N)=O.CC[C@H](O)[C@H](O)[C@@H](O)[C@H](O)CN(CCOC(C)C)C[C@@H](O)[C@H](O)[C@@H](O)[C@@H](O)CO. The van der Waals surface area contributed by atoms with Crippen molar-refractivity contribution in [1.29, 1.82) is 0 Å². The first-order valence-corrected chi connectivity index (χ1v) is 21.4. The molecule has 1 aromatic rings. The first kappa shape index (κ1) is 63.9. The summed E-state index contributed by atoms with van der Waals surface area (Å²) in [5, 5.41) is 108. The van der Waals surface area contributed by atoms with E-state index >= 15 is 0 Å². The normalized spacial score (nSPS) is 17.0. The molecule has 1 amide bonds. The summed E-state index contributed by atoms with van der Waals surface area (Å²) in [6.07, 6.45) is -6.67. The lowest BCUT2D eigenvalue weighted by molar-refractivity contribution is -0.128. The van der Waals surface area contributed by atoms with Gasteiger partial charge in [0.1, 0.15) is 48.6 Å². The van der Waals surface area contributed by atoms with Gasteiger partial charge in [-0.3, -0.25) is 9.69 Å². The van der Waals surface area contributed by atoms with E-state index in [0.29, 0.717) is 17.9 Å². The van der Waals surface area contributed by atoms with Gasteiger partial charge in [-0.1, -0.05) is 60.5 Å². The van der Waals surface area contributed by atoms with Crippen LogP contribution in [0, 0.1) is 11.8 Å². The van der Waals surface area contributed by atoms with E-state index in [1.807, 2.05) is 27.7 Å². The lowest BCUT2D eigenvalue weighted by Gasteiger charge is -2.33. The molecule has 0 saturated carbocycles. The van der Waals surface area contributed by atoms with Gasteiger partial charge in [0.2, 0.25) is 5.91 Å². The van der Waals surface area contributed by atoms with E-state index in [2.05, 4.69) is 20.8 Å². The van der Waals surface area contributed by atoms with Crippen LogP contribution in [0.25, 0.3) is 0 Å². The van der Waals surface area contributed by atoms with Crippen LogP contribution >= 0.6 is 0 Å². The number of amides is 1. The minimum Gasteiger partial charge on any atom is -0.508 e. The molecule has 18 nitrogen and oxygen atoms in total. The average molecular weight is 898 g/mol. The van der Waals surface area contributed by atoms with E-state index in [0.717, 1.165) is 24.2 Å². The lowest BCUT2D eigenvalue weighted by atomic mass is 9.93.